The highest BCUT2D eigenvalue weighted by molar-refractivity contribution is 7.99. The zero-order chi connectivity index (χ0) is 12.9. The lowest BCUT2D eigenvalue weighted by molar-refractivity contribution is 0.297. The molecule has 1 aromatic rings. The molecule has 1 fully saturated rings. The predicted octanol–water partition coefficient (Wildman–Crippen LogP) is 3.08. The molecular formula is C15H21NO2S. The first-order valence-electron chi connectivity index (χ1n) is 7.18. The van der Waals surface area contributed by atoms with E-state index in [0.29, 0.717) is 6.04 Å². The van der Waals surface area contributed by atoms with Gasteiger partial charge in [0.2, 0.25) is 0 Å². The maximum atomic E-state index is 5.73. The summed E-state index contributed by atoms with van der Waals surface area (Å²) >= 11 is 1.91. The summed E-state index contributed by atoms with van der Waals surface area (Å²) in [4.78, 5) is 1.27. The molecule has 0 aromatic heterocycles. The molecule has 0 amide bonds. The first kappa shape index (κ1) is 13.1. The van der Waals surface area contributed by atoms with Gasteiger partial charge in [-0.1, -0.05) is 6.42 Å². The van der Waals surface area contributed by atoms with Crippen molar-refractivity contribution in [3.63, 3.8) is 0 Å². The molecule has 0 saturated carbocycles. The number of fused-ring (bicyclic) bond motifs is 1. The van der Waals surface area contributed by atoms with Crippen molar-refractivity contribution in [2.75, 3.05) is 25.5 Å². The topological polar surface area (TPSA) is 30.5 Å². The molecule has 3 nitrogen and oxygen atoms in total. The van der Waals surface area contributed by atoms with Gasteiger partial charge in [0.1, 0.15) is 0 Å². The monoisotopic (exact) mass is 279 g/mol. The molecule has 0 spiro atoms. The maximum Gasteiger partial charge on any atom is 0.162 e. The lowest BCUT2D eigenvalue weighted by atomic mass is 10.1. The molecule has 1 N–H and O–H groups in total. The molecule has 2 heterocycles. The lowest BCUT2D eigenvalue weighted by Gasteiger charge is -2.23. The SMILES string of the molecule is c1cc2c(cc1SCC1CCCCN1)OCCCO2. The Morgan fingerprint density at radius 1 is 1.11 bits per heavy atom. The van der Waals surface area contributed by atoms with Gasteiger partial charge >= 0.3 is 0 Å². The van der Waals surface area contributed by atoms with Gasteiger partial charge in [-0.3, -0.25) is 0 Å². The van der Waals surface area contributed by atoms with Crippen molar-refractivity contribution in [1.29, 1.82) is 0 Å². The summed E-state index contributed by atoms with van der Waals surface area (Å²) in [6.07, 6.45) is 4.95. The van der Waals surface area contributed by atoms with Crippen LogP contribution >= 0.6 is 11.8 Å². The molecule has 3 rings (SSSR count). The molecule has 1 aromatic carbocycles. The van der Waals surface area contributed by atoms with Gasteiger partial charge in [-0.2, -0.15) is 0 Å². The van der Waals surface area contributed by atoms with E-state index < -0.39 is 0 Å². The Balaban J connectivity index is 1.60. The molecule has 104 valence electrons. The van der Waals surface area contributed by atoms with E-state index in [4.69, 9.17) is 9.47 Å². The number of rotatable bonds is 3. The quantitative estimate of drug-likeness (QED) is 0.861. The number of nitrogens with one attached hydrogen (secondary N) is 1. The highest BCUT2D eigenvalue weighted by atomic mass is 32.2. The normalized spacial score (nSPS) is 22.8. The number of hydrogen-bond donors (Lipinski definition) is 1. The summed E-state index contributed by atoms with van der Waals surface area (Å²) in [6.45, 7) is 2.68. The van der Waals surface area contributed by atoms with Gasteiger partial charge < -0.3 is 14.8 Å². The fourth-order valence-electron chi connectivity index (χ4n) is 2.50. The van der Waals surface area contributed by atoms with Crippen LogP contribution < -0.4 is 14.8 Å². The highest BCUT2D eigenvalue weighted by Crippen LogP contribution is 2.34. The smallest absolute Gasteiger partial charge is 0.162 e. The van der Waals surface area contributed by atoms with Crippen LogP contribution in [0.15, 0.2) is 23.1 Å². The van der Waals surface area contributed by atoms with Crippen molar-refractivity contribution in [2.24, 2.45) is 0 Å². The van der Waals surface area contributed by atoms with Gasteiger partial charge in [-0.15, -0.1) is 11.8 Å². The summed E-state index contributed by atoms with van der Waals surface area (Å²) < 4.78 is 11.4. The minimum Gasteiger partial charge on any atom is -0.490 e. The van der Waals surface area contributed by atoms with Crippen LogP contribution in [-0.2, 0) is 0 Å². The Morgan fingerprint density at radius 2 is 2.00 bits per heavy atom. The Kier molecular flexibility index (Phi) is 4.51. The molecule has 0 bridgehead atoms. The van der Waals surface area contributed by atoms with Crippen molar-refractivity contribution in [3.8, 4) is 11.5 Å². The number of hydrogen-bond acceptors (Lipinski definition) is 4. The summed E-state index contributed by atoms with van der Waals surface area (Å²) in [5.41, 5.74) is 0. The van der Waals surface area contributed by atoms with Crippen LogP contribution in [0.5, 0.6) is 11.5 Å². The lowest BCUT2D eigenvalue weighted by Crippen LogP contribution is -2.35. The molecule has 0 radical (unpaired) electrons. The van der Waals surface area contributed by atoms with E-state index in [9.17, 15) is 0 Å². The van der Waals surface area contributed by atoms with Crippen LogP contribution in [-0.4, -0.2) is 31.6 Å². The van der Waals surface area contributed by atoms with E-state index in [0.717, 1.165) is 36.9 Å². The molecule has 0 aliphatic carbocycles. The van der Waals surface area contributed by atoms with Crippen LogP contribution in [0.2, 0.25) is 0 Å². The van der Waals surface area contributed by atoms with Crippen molar-refractivity contribution in [2.45, 2.75) is 36.6 Å². The van der Waals surface area contributed by atoms with Gasteiger partial charge in [0.25, 0.3) is 0 Å². The van der Waals surface area contributed by atoms with Crippen LogP contribution in [0.1, 0.15) is 25.7 Å². The summed E-state index contributed by atoms with van der Waals surface area (Å²) in [6, 6.07) is 6.96. The summed E-state index contributed by atoms with van der Waals surface area (Å²) in [5.74, 6) is 2.93. The minimum atomic E-state index is 0.662. The fourth-order valence-corrected chi connectivity index (χ4v) is 3.53. The summed E-state index contributed by atoms with van der Waals surface area (Å²) in [7, 11) is 0. The summed E-state index contributed by atoms with van der Waals surface area (Å²) in [5, 5.41) is 3.58. The molecule has 2 aliphatic heterocycles. The van der Waals surface area contributed by atoms with E-state index >= 15 is 0 Å². The third kappa shape index (κ3) is 3.57. The Labute approximate surface area is 119 Å². The second-order valence-corrected chi connectivity index (χ2v) is 6.21. The molecule has 1 unspecified atom stereocenters. The first-order valence-corrected chi connectivity index (χ1v) is 8.16. The Morgan fingerprint density at radius 3 is 2.84 bits per heavy atom. The average Bonchev–Trinajstić information content (AvgIpc) is 2.71. The molecular weight excluding hydrogens is 258 g/mol. The molecule has 19 heavy (non-hydrogen) atoms. The van der Waals surface area contributed by atoms with Crippen molar-refractivity contribution in [3.05, 3.63) is 18.2 Å². The fraction of sp³-hybridized carbons (Fsp3) is 0.600. The van der Waals surface area contributed by atoms with Crippen LogP contribution in [0.4, 0.5) is 0 Å². The molecule has 4 heteroatoms. The van der Waals surface area contributed by atoms with Gasteiger partial charge in [0.15, 0.2) is 11.5 Å². The standard InChI is InChI=1S/C15H21NO2S/c1-2-7-16-12(4-1)11-19-13-5-6-14-15(10-13)18-9-3-8-17-14/h5-6,10,12,16H,1-4,7-9,11H2. The highest BCUT2D eigenvalue weighted by Gasteiger charge is 2.14. The van der Waals surface area contributed by atoms with Crippen molar-refractivity contribution < 1.29 is 9.47 Å². The van der Waals surface area contributed by atoms with Crippen LogP contribution in [0.3, 0.4) is 0 Å². The number of piperidine rings is 1. The second kappa shape index (κ2) is 6.53. The second-order valence-electron chi connectivity index (χ2n) is 5.12. The zero-order valence-electron chi connectivity index (χ0n) is 11.2. The molecule has 1 saturated heterocycles. The number of thioether (sulfide) groups is 1. The Bertz CT molecular complexity index is 419. The van der Waals surface area contributed by atoms with Crippen LogP contribution in [0, 0.1) is 0 Å². The largest absolute Gasteiger partial charge is 0.490 e. The third-order valence-corrected chi connectivity index (χ3v) is 4.74. The average molecular weight is 279 g/mol. The predicted molar refractivity (Wildman–Crippen MR) is 78.4 cm³/mol. The van der Waals surface area contributed by atoms with E-state index in [-0.39, 0.29) is 0 Å². The zero-order valence-corrected chi connectivity index (χ0v) is 12.0. The Hall–Kier alpha value is -0.870. The van der Waals surface area contributed by atoms with Gasteiger partial charge in [-0.05, 0) is 37.6 Å². The van der Waals surface area contributed by atoms with Gasteiger partial charge in [0.05, 0.1) is 13.2 Å². The number of ether oxygens (including phenoxy) is 2. The van der Waals surface area contributed by atoms with Crippen molar-refractivity contribution >= 4 is 11.8 Å². The minimum absolute atomic E-state index is 0.662. The van der Waals surface area contributed by atoms with Crippen LogP contribution in [0.25, 0.3) is 0 Å². The van der Waals surface area contributed by atoms with E-state index in [1.165, 1.54) is 30.7 Å². The van der Waals surface area contributed by atoms with E-state index in [1.807, 2.05) is 17.8 Å². The maximum absolute atomic E-state index is 5.73. The molecule has 1 atom stereocenters. The van der Waals surface area contributed by atoms with E-state index in [1.54, 1.807) is 0 Å². The van der Waals surface area contributed by atoms with E-state index in [2.05, 4.69) is 17.4 Å². The van der Waals surface area contributed by atoms with Crippen molar-refractivity contribution in [1.82, 2.24) is 5.32 Å². The molecule has 2 aliphatic rings. The first-order chi connectivity index (χ1) is 9.42. The van der Waals surface area contributed by atoms with Gasteiger partial charge in [0, 0.05) is 23.1 Å². The third-order valence-electron chi connectivity index (χ3n) is 3.58. The number of benzene rings is 1. The van der Waals surface area contributed by atoms with Gasteiger partial charge in [-0.25, -0.2) is 0 Å².